The van der Waals surface area contributed by atoms with Crippen molar-refractivity contribution in [3.05, 3.63) is 0 Å². The van der Waals surface area contributed by atoms with Gasteiger partial charge in [-0.25, -0.2) is 8.42 Å². The Hall–Kier alpha value is -0.210. The Labute approximate surface area is 147 Å². The number of hydrogen-bond donors (Lipinski definition) is 0. The number of sulfone groups is 1. The fraction of sp³-hybridized carbons (Fsp3) is 0.867. The van der Waals surface area contributed by atoms with Gasteiger partial charge >= 0.3 is 0 Å². The standard InChI is InChI=1S/C15H24N2O3S3/c18-14(10-22-15-16-7-8-21-15)17(12-4-2-1-3-5-12)13-6-9-23(19,20)11-13/h12-13H,1-11H2/t13-/m0/s1. The summed E-state index contributed by atoms with van der Waals surface area (Å²) in [7, 11) is -2.97. The third kappa shape index (κ3) is 4.66. The van der Waals surface area contributed by atoms with E-state index in [1.54, 1.807) is 11.8 Å². The Morgan fingerprint density at radius 1 is 1.22 bits per heavy atom. The highest BCUT2D eigenvalue weighted by Gasteiger charge is 2.38. The minimum Gasteiger partial charge on any atom is -0.335 e. The maximum atomic E-state index is 12.8. The van der Waals surface area contributed by atoms with E-state index in [4.69, 9.17) is 0 Å². The molecule has 0 aromatic carbocycles. The third-order valence-corrected chi connectivity index (χ3v) is 8.72. The molecule has 130 valence electrons. The Bertz CT molecular complexity index is 571. The molecule has 2 fully saturated rings. The summed E-state index contributed by atoms with van der Waals surface area (Å²) in [5.41, 5.74) is 0. The second-order valence-corrected chi connectivity index (χ2v) is 11.0. The van der Waals surface area contributed by atoms with E-state index >= 15 is 0 Å². The molecule has 0 radical (unpaired) electrons. The lowest BCUT2D eigenvalue weighted by Crippen LogP contribution is -2.49. The van der Waals surface area contributed by atoms with Gasteiger partial charge in [0.05, 0.1) is 23.8 Å². The molecular formula is C15H24N2O3S3. The Balaban J connectivity index is 1.67. The maximum Gasteiger partial charge on any atom is 0.233 e. The highest BCUT2D eigenvalue weighted by Crippen LogP contribution is 2.30. The van der Waals surface area contributed by atoms with Crippen molar-refractivity contribution in [3.8, 4) is 0 Å². The summed E-state index contributed by atoms with van der Waals surface area (Å²) >= 11 is 3.23. The van der Waals surface area contributed by atoms with Crippen LogP contribution in [0.4, 0.5) is 0 Å². The molecular weight excluding hydrogens is 352 g/mol. The van der Waals surface area contributed by atoms with Crippen molar-refractivity contribution in [2.24, 2.45) is 4.99 Å². The van der Waals surface area contributed by atoms with Gasteiger partial charge in [-0.1, -0.05) is 42.8 Å². The first-order chi connectivity index (χ1) is 11.1. The number of rotatable bonds is 4. The number of nitrogens with zero attached hydrogens (tertiary/aromatic N) is 2. The summed E-state index contributed by atoms with van der Waals surface area (Å²) in [5, 5.41) is 0. The molecule has 3 rings (SSSR count). The van der Waals surface area contributed by atoms with Gasteiger partial charge in [-0.05, 0) is 19.3 Å². The van der Waals surface area contributed by atoms with Crippen LogP contribution in [0.2, 0.25) is 0 Å². The lowest BCUT2D eigenvalue weighted by Gasteiger charge is -2.38. The molecule has 1 saturated heterocycles. The van der Waals surface area contributed by atoms with Gasteiger partial charge < -0.3 is 4.90 Å². The first-order valence-electron chi connectivity index (χ1n) is 8.37. The highest BCUT2D eigenvalue weighted by molar-refractivity contribution is 8.39. The van der Waals surface area contributed by atoms with Gasteiger partial charge in [0.2, 0.25) is 5.91 Å². The van der Waals surface area contributed by atoms with Gasteiger partial charge in [-0.3, -0.25) is 9.79 Å². The fourth-order valence-electron chi connectivity index (χ4n) is 3.66. The highest BCUT2D eigenvalue weighted by atomic mass is 32.2. The van der Waals surface area contributed by atoms with Crippen LogP contribution in [0.15, 0.2) is 4.99 Å². The number of hydrogen-bond acceptors (Lipinski definition) is 6. The smallest absolute Gasteiger partial charge is 0.233 e. The molecule has 0 bridgehead atoms. The summed E-state index contributed by atoms with van der Waals surface area (Å²) in [6.07, 6.45) is 6.15. The monoisotopic (exact) mass is 376 g/mol. The zero-order chi connectivity index (χ0) is 16.3. The van der Waals surface area contributed by atoms with Gasteiger partial charge in [0.15, 0.2) is 9.84 Å². The fourth-order valence-corrected chi connectivity index (χ4v) is 7.25. The number of amides is 1. The van der Waals surface area contributed by atoms with Crippen LogP contribution >= 0.6 is 23.5 Å². The second-order valence-electron chi connectivity index (χ2n) is 6.43. The average Bonchev–Trinajstić information content (AvgIpc) is 3.16. The van der Waals surface area contributed by atoms with Gasteiger partial charge in [0.1, 0.15) is 4.38 Å². The molecule has 0 aromatic rings. The van der Waals surface area contributed by atoms with Crippen molar-refractivity contribution in [1.29, 1.82) is 0 Å². The van der Waals surface area contributed by atoms with E-state index < -0.39 is 9.84 Å². The predicted molar refractivity (Wildman–Crippen MR) is 98.0 cm³/mol. The summed E-state index contributed by atoms with van der Waals surface area (Å²) in [6.45, 7) is 0.842. The summed E-state index contributed by atoms with van der Waals surface area (Å²) in [5.74, 6) is 1.86. The van der Waals surface area contributed by atoms with Crippen molar-refractivity contribution >= 4 is 43.6 Å². The van der Waals surface area contributed by atoms with Crippen LogP contribution in [0.1, 0.15) is 38.5 Å². The first kappa shape index (κ1) is 17.6. The van der Waals surface area contributed by atoms with Crippen LogP contribution in [-0.4, -0.2) is 65.2 Å². The van der Waals surface area contributed by atoms with Gasteiger partial charge in [0, 0.05) is 17.8 Å². The zero-order valence-corrected chi connectivity index (χ0v) is 15.7. The van der Waals surface area contributed by atoms with Gasteiger partial charge in [0.25, 0.3) is 0 Å². The predicted octanol–water partition coefficient (Wildman–Crippen LogP) is 2.17. The molecule has 1 saturated carbocycles. The molecule has 1 aliphatic carbocycles. The molecule has 2 aliphatic heterocycles. The molecule has 0 aromatic heterocycles. The average molecular weight is 377 g/mol. The van der Waals surface area contributed by atoms with Crippen molar-refractivity contribution in [2.75, 3.05) is 29.6 Å². The molecule has 0 N–H and O–H groups in total. The number of thioether (sulfide) groups is 2. The minimum atomic E-state index is -2.97. The van der Waals surface area contributed by atoms with Crippen LogP contribution in [0.3, 0.4) is 0 Å². The molecule has 1 amide bonds. The summed E-state index contributed by atoms with van der Waals surface area (Å²) in [4.78, 5) is 19.2. The van der Waals surface area contributed by atoms with E-state index in [1.807, 2.05) is 4.90 Å². The molecule has 2 heterocycles. The number of carbonyl (C=O) groups excluding carboxylic acids is 1. The van der Waals surface area contributed by atoms with E-state index in [-0.39, 0.29) is 29.5 Å². The SMILES string of the molecule is O=C(CSC1=NCCS1)N(C1CCCCC1)[C@H]1CCS(=O)(=O)C1. The zero-order valence-electron chi connectivity index (χ0n) is 13.3. The molecule has 1 atom stereocenters. The largest absolute Gasteiger partial charge is 0.335 e. The third-order valence-electron chi connectivity index (χ3n) is 4.73. The van der Waals surface area contributed by atoms with E-state index in [9.17, 15) is 13.2 Å². The van der Waals surface area contributed by atoms with Crippen LogP contribution in [-0.2, 0) is 14.6 Å². The summed E-state index contributed by atoms with van der Waals surface area (Å²) in [6, 6.07) is 0.114. The van der Waals surface area contributed by atoms with Crippen LogP contribution in [0.5, 0.6) is 0 Å². The van der Waals surface area contributed by atoms with Gasteiger partial charge in [-0.15, -0.1) is 0 Å². The Morgan fingerprint density at radius 3 is 2.61 bits per heavy atom. The molecule has 8 heteroatoms. The van der Waals surface area contributed by atoms with Crippen molar-refractivity contribution in [2.45, 2.75) is 50.6 Å². The summed E-state index contributed by atoms with van der Waals surface area (Å²) < 4.78 is 24.7. The van der Waals surface area contributed by atoms with Crippen LogP contribution in [0.25, 0.3) is 0 Å². The number of aliphatic imine (C=N–C) groups is 1. The van der Waals surface area contributed by atoms with Gasteiger partial charge in [-0.2, -0.15) is 0 Å². The van der Waals surface area contributed by atoms with E-state index in [1.165, 1.54) is 18.2 Å². The van der Waals surface area contributed by atoms with Crippen molar-refractivity contribution < 1.29 is 13.2 Å². The van der Waals surface area contributed by atoms with Crippen molar-refractivity contribution in [3.63, 3.8) is 0 Å². The van der Waals surface area contributed by atoms with Crippen LogP contribution in [0, 0.1) is 0 Å². The van der Waals surface area contributed by atoms with E-state index in [0.29, 0.717) is 12.2 Å². The maximum absolute atomic E-state index is 12.8. The minimum absolute atomic E-state index is 0.0965. The second kappa shape index (κ2) is 7.78. The Morgan fingerprint density at radius 2 is 2.00 bits per heavy atom. The molecule has 3 aliphatic rings. The topological polar surface area (TPSA) is 66.8 Å². The molecule has 5 nitrogen and oxygen atoms in total. The lowest BCUT2D eigenvalue weighted by molar-refractivity contribution is -0.133. The quantitative estimate of drug-likeness (QED) is 0.752. The normalized spacial score (nSPS) is 27.8. The lowest BCUT2D eigenvalue weighted by atomic mass is 9.93. The molecule has 0 unspecified atom stereocenters. The van der Waals surface area contributed by atoms with E-state index in [2.05, 4.69) is 4.99 Å². The van der Waals surface area contributed by atoms with Crippen LogP contribution < -0.4 is 0 Å². The molecule has 0 spiro atoms. The van der Waals surface area contributed by atoms with Crippen molar-refractivity contribution in [1.82, 2.24) is 4.90 Å². The number of carbonyl (C=O) groups is 1. The first-order valence-corrected chi connectivity index (χ1v) is 12.2. The van der Waals surface area contributed by atoms with E-state index in [0.717, 1.165) is 42.4 Å². The molecule has 23 heavy (non-hydrogen) atoms. The Kier molecular flexibility index (Phi) is 5.96.